The maximum atomic E-state index is 14.6. The zero-order valence-corrected chi connectivity index (χ0v) is 37.8. The summed E-state index contributed by atoms with van der Waals surface area (Å²) < 4.78 is 6.49. The number of thioether (sulfide) groups is 1. The highest BCUT2D eigenvalue weighted by atomic mass is 32.2. The molecule has 3 aliphatic rings. The van der Waals surface area contributed by atoms with Crippen molar-refractivity contribution in [3.05, 3.63) is 131 Å². The molecule has 2 saturated heterocycles. The Balaban J connectivity index is 0.889. The van der Waals surface area contributed by atoms with Crippen LogP contribution in [0, 0.1) is 0 Å². The number of ketones is 1. The van der Waals surface area contributed by atoms with E-state index in [2.05, 4.69) is 31.9 Å². The molecule has 4 aromatic carbocycles. The second-order valence-electron chi connectivity index (χ2n) is 16.8. The van der Waals surface area contributed by atoms with Crippen LogP contribution in [0.5, 0.6) is 5.75 Å². The molecule has 0 bridgehead atoms. The number of para-hydroxylation sites is 2. The van der Waals surface area contributed by atoms with Gasteiger partial charge in [0.25, 0.3) is 5.91 Å². The molecule has 15 nitrogen and oxygen atoms in total. The van der Waals surface area contributed by atoms with Crippen molar-refractivity contribution in [1.29, 1.82) is 0 Å². The fraction of sp³-hybridized carbons (Fsp3) is 0.380. The third-order valence-corrected chi connectivity index (χ3v) is 13.4. The van der Waals surface area contributed by atoms with E-state index in [0.717, 1.165) is 37.9 Å². The second kappa shape index (κ2) is 23.0. The lowest BCUT2D eigenvalue weighted by Gasteiger charge is -2.29. The number of fused-ring (bicyclic) bond motifs is 2. The van der Waals surface area contributed by atoms with Crippen LogP contribution < -0.4 is 41.5 Å². The largest absolute Gasteiger partial charge is 0.481 e. The third-order valence-electron chi connectivity index (χ3n) is 11.9. The van der Waals surface area contributed by atoms with E-state index < -0.39 is 41.8 Å². The van der Waals surface area contributed by atoms with E-state index >= 15 is 0 Å². The van der Waals surface area contributed by atoms with Crippen molar-refractivity contribution in [3.8, 4) is 5.75 Å². The van der Waals surface area contributed by atoms with E-state index in [-0.39, 0.29) is 42.8 Å². The average Bonchev–Trinajstić information content (AvgIpc) is 3.86. The summed E-state index contributed by atoms with van der Waals surface area (Å²) in [5.41, 5.74) is 2.53. The van der Waals surface area contributed by atoms with Gasteiger partial charge in [-0.25, -0.2) is 4.79 Å². The highest BCUT2D eigenvalue weighted by Gasteiger charge is 2.43. The Labute approximate surface area is 389 Å². The molecule has 0 aromatic heterocycles. The Kier molecular flexibility index (Phi) is 16.5. The summed E-state index contributed by atoms with van der Waals surface area (Å²) in [5, 5.41) is 17.8. The minimum Gasteiger partial charge on any atom is -0.481 e. The van der Waals surface area contributed by atoms with Gasteiger partial charge in [0.1, 0.15) is 24.4 Å². The van der Waals surface area contributed by atoms with E-state index in [9.17, 15) is 33.6 Å². The van der Waals surface area contributed by atoms with Crippen molar-refractivity contribution in [2.45, 2.75) is 93.8 Å². The number of nitrogens with one attached hydrogen (secondary N) is 6. The van der Waals surface area contributed by atoms with Gasteiger partial charge >= 0.3 is 6.03 Å². The molecule has 7 amide bonds. The van der Waals surface area contributed by atoms with E-state index in [1.165, 1.54) is 11.8 Å². The van der Waals surface area contributed by atoms with Gasteiger partial charge in [-0.2, -0.15) is 11.8 Å². The first kappa shape index (κ1) is 47.3. The molecule has 7 rings (SSSR count). The predicted octanol–water partition coefficient (Wildman–Crippen LogP) is 4.75. The van der Waals surface area contributed by atoms with Crippen molar-refractivity contribution in [2.24, 2.45) is 0 Å². The van der Waals surface area contributed by atoms with Gasteiger partial charge in [0, 0.05) is 41.6 Å². The van der Waals surface area contributed by atoms with Gasteiger partial charge in [0.05, 0.1) is 24.2 Å². The maximum absolute atomic E-state index is 14.6. The molecule has 6 atom stereocenters. The van der Waals surface area contributed by atoms with Crippen LogP contribution in [-0.2, 0) is 30.4 Å². The first-order valence-corrected chi connectivity index (χ1v) is 23.7. The number of carbonyl (C=O) groups excluding carboxylic acids is 7. The Bertz CT molecular complexity index is 2370. The number of rotatable bonds is 21. The predicted molar refractivity (Wildman–Crippen MR) is 252 cm³/mol. The van der Waals surface area contributed by atoms with Gasteiger partial charge in [-0.15, -0.1) is 0 Å². The zero-order valence-electron chi connectivity index (χ0n) is 37.0. The quantitative estimate of drug-likeness (QED) is 0.0388. The van der Waals surface area contributed by atoms with Gasteiger partial charge in [-0.3, -0.25) is 33.7 Å². The van der Waals surface area contributed by atoms with Crippen LogP contribution in [0.1, 0.15) is 85.0 Å². The number of amides is 7. The number of anilines is 1. The third kappa shape index (κ3) is 12.6. The smallest absolute Gasteiger partial charge is 0.315 e. The summed E-state index contributed by atoms with van der Waals surface area (Å²) in [4.78, 5) is 93.5. The molecule has 0 spiro atoms. The molecular formula is C50H57N7O8S. The summed E-state index contributed by atoms with van der Waals surface area (Å²) in [6.45, 7) is 2.07. The molecule has 0 aliphatic carbocycles. The summed E-state index contributed by atoms with van der Waals surface area (Å²) in [7, 11) is 0. The van der Waals surface area contributed by atoms with Crippen molar-refractivity contribution < 1.29 is 38.3 Å². The molecule has 4 aromatic rings. The molecule has 3 heterocycles. The van der Waals surface area contributed by atoms with Crippen LogP contribution in [0.2, 0.25) is 0 Å². The van der Waals surface area contributed by atoms with Gasteiger partial charge in [-0.1, -0.05) is 97.4 Å². The molecule has 0 radical (unpaired) electrons. The van der Waals surface area contributed by atoms with E-state index in [0.29, 0.717) is 64.9 Å². The van der Waals surface area contributed by atoms with E-state index in [1.54, 1.807) is 97.1 Å². The highest BCUT2D eigenvalue weighted by Crippen LogP contribution is 2.38. The molecule has 3 aliphatic heterocycles. The van der Waals surface area contributed by atoms with E-state index in [1.807, 2.05) is 23.9 Å². The summed E-state index contributed by atoms with van der Waals surface area (Å²) in [6.07, 6.45) is 4.23. The Morgan fingerprint density at radius 3 is 2.23 bits per heavy atom. The van der Waals surface area contributed by atoms with Crippen LogP contribution >= 0.6 is 11.8 Å². The summed E-state index contributed by atoms with van der Waals surface area (Å²) in [6, 6.07) is 29.4. The number of ether oxygens (including phenoxy) is 1. The number of unbranched alkanes of at least 4 members (excludes halogenated alkanes) is 3. The molecule has 6 N–H and O–H groups in total. The number of hydrogen-bond acceptors (Lipinski definition) is 9. The van der Waals surface area contributed by atoms with Gasteiger partial charge in [0.2, 0.25) is 23.6 Å². The fourth-order valence-corrected chi connectivity index (χ4v) is 9.99. The molecular weight excluding hydrogens is 859 g/mol. The Hall–Kier alpha value is -6.68. The minimum absolute atomic E-state index is 0.0155. The number of hydrogen-bond donors (Lipinski definition) is 6. The monoisotopic (exact) mass is 915 g/mol. The van der Waals surface area contributed by atoms with Gasteiger partial charge in [0.15, 0.2) is 11.9 Å². The number of nitrogens with zero attached hydrogens (tertiary/aromatic N) is 1. The van der Waals surface area contributed by atoms with Crippen molar-refractivity contribution in [3.63, 3.8) is 0 Å². The summed E-state index contributed by atoms with van der Waals surface area (Å²) in [5.74, 6) is -0.956. The molecule has 0 unspecified atom stereocenters. The Morgan fingerprint density at radius 1 is 0.758 bits per heavy atom. The lowest BCUT2D eigenvalue weighted by Crippen LogP contribution is -2.56. The molecule has 66 heavy (non-hydrogen) atoms. The molecule has 2 fully saturated rings. The molecule has 0 saturated carbocycles. The molecule has 16 heteroatoms. The fourth-order valence-electron chi connectivity index (χ4n) is 8.45. The number of benzene rings is 4. The van der Waals surface area contributed by atoms with Gasteiger partial charge in [-0.05, 0) is 68.4 Å². The zero-order chi connectivity index (χ0) is 46.4. The topological polar surface area (TPSA) is 204 Å². The highest BCUT2D eigenvalue weighted by molar-refractivity contribution is 8.00. The normalized spacial score (nSPS) is 20.0. The van der Waals surface area contributed by atoms with Crippen molar-refractivity contribution in [1.82, 2.24) is 31.9 Å². The Morgan fingerprint density at radius 2 is 1.45 bits per heavy atom. The van der Waals surface area contributed by atoms with Crippen molar-refractivity contribution in [2.75, 3.05) is 30.3 Å². The minimum atomic E-state index is -1.29. The van der Waals surface area contributed by atoms with E-state index in [4.69, 9.17) is 4.74 Å². The van der Waals surface area contributed by atoms with Crippen LogP contribution in [0.3, 0.4) is 0 Å². The number of carbonyl (C=O) groups is 7. The first-order valence-electron chi connectivity index (χ1n) is 22.7. The van der Waals surface area contributed by atoms with Gasteiger partial charge < -0.3 is 36.6 Å². The maximum Gasteiger partial charge on any atom is 0.315 e. The first-order chi connectivity index (χ1) is 32.0. The lowest BCUT2D eigenvalue weighted by molar-refractivity contribution is -0.132. The SMILES string of the molecule is C[C@H](NC(=O)Cc1cccc(C(=O)c2ccccc2)c1)C(=O)N[C@H]1C(=O)N(CC(=O)NCCCCCNC(=O)CCCC[C@@H]2SC[C@@H]3NC(=O)N[C@@H]32)c2ccccc2O[C@H]1c1ccccc1. The second-order valence-corrected chi connectivity index (χ2v) is 18.1. The number of urea groups is 1. The van der Waals surface area contributed by atoms with Crippen LogP contribution in [-0.4, -0.2) is 96.2 Å². The van der Waals surface area contributed by atoms with Crippen LogP contribution in [0.4, 0.5) is 10.5 Å². The van der Waals surface area contributed by atoms with Crippen molar-refractivity contribution >= 4 is 58.8 Å². The average molecular weight is 916 g/mol. The lowest BCUT2D eigenvalue weighted by atomic mass is 10.00. The van der Waals surface area contributed by atoms with Crippen LogP contribution in [0.15, 0.2) is 109 Å². The standard InChI is InChI=1S/C50H57N7O8S/c1-32(53-42(59)29-33-16-15-21-36(28-33)46(61)34-17-5-2-6-18-34)48(62)55-45-47(35-19-7-3-8-20-35)65-39-23-10-9-22-38(39)57(49(45)63)30-43(60)52-27-14-4-13-26-51-41(58)25-12-11-24-40-44-37(31-66-40)54-50(64)56-44/h2-3,5-10,15-23,28,32,37,40,44-45,47H,4,11-14,24-27,29-31H2,1H3,(H,51,58)(H,52,60)(H,53,59)(H,55,62)(H2,54,56,64)/t32-,37-,40-,44-,45+,47-/m0/s1. The van der Waals surface area contributed by atoms with Crippen LogP contribution in [0.25, 0.3) is 0 Å². The molecule has 346 valence electrons. The summed E-state index contributed by atoms with van der Waals surface area (Å²) >= 11 is 1.87.